The van der Waals surface area contributed by atoms with Crippen molar-refractivity contribution in [2.75, 3.05) is 5.32 Å². The molecule has 0 saturated carbocycles. The van der Waals surface area contributed by atoms with Gasteiger partial charge in [-0.15, -0.1) is 0 Å². The molecule has 0 aliphatic heterocycles. The van der Waals surface area contributed by atoms with E-state index < -0.39 is 0 Å². The molecule has 5 heteroatoms. The number of halogens is 1. The summed E-state index contributed by atoms with van der Waals surface area (Å²) in [5, 5.41) is 12.8. The number of nitrogens with one attached hydrogen (secondary N) is 1. The molecule has 1 aromatic heterocycles. The average molecular weight is 247 g/mol. The van der Waals surface area contributed by atoms with Gasteiger partial charge in [-0.3, -0.25) is 0 Å². The zero-order valence-electron chi connectivity index (χ0n) is 9.41. The van der Waals surface area contributed by atoms with Gasteiger partial charge in [-0.05, 0) is 49.1 Å². The van der Waals surface area contributed by atoms with Crippen LogP contribution in [0.15, 0.2) is 18.2 Å². The Morgan fingerprint density at radius 2 is 2.18 bits per heavy atom. The molecule has 0 aliphatic rings. The van der Waals surface area contributed by atoms with Gasteiger partial charge in [-0.25, -0.2) is 4.39 Å². The molecule has 0 spiro atoms. The second-order valence-corrected chi connectivity index (χ2v) is 4.45. The van der Waals surface area contributed by atoms with Crippen molar-refractivity contribution in [3.63, 3.8) is 0 Å². The lowest BCUT2D eigenvalue weighted by molar-refractivity contribution is 0.619. The van der Waals surface area contributed by atoms with E-state index in [9.17, 15) is 4.39 Å². The van der Waals surface area contributed by atoms with Crippen molar-refractivity contribution in [2.24, 2.45) is 0 Å². The fourth-order valence-electron chi connectivity index (χ4n) is 1.44. The fourth-order valence-corrected chi connectivity index (χ4v) is 2.21. The molecule has 1 heterocycles. The SMILES string of the molecule is Cc1cc(Nc2snc(C)c2C#N)ccc1F. The van der Waals surface area contributed by atoms with Crippen molar-refractivity contribution < 1.29 is 4.39 Å². The highest BCUT2D eigenvalue weighted by molar-refractivity contribution is 7.10. The molecule has 0 atom stereocenters. The average Bonchev–Trinajstić information content (AvgIpc) is 2.64. The van der Waals surface area contributed by atoms with E-state index in [0.717, 1.165) is 5.69 Å². The third-order valence-electron chi connectivity index (χ3n) is 2.39. The van der Waals surface area contributed by atoms with Crippen LogP contribution in [-0.2, 0) is 0 Å². The largest absolute Gasteiger partial charge is 0.345 e. The molecular formula is C12H10FN3S. The number of nitriles is 1. The molecule has 2 aromatic rings. The number of hydrogen-bond donors (Lipinski definition) is 1. The van der Waals surface area contributed by atoms with Crippen molar-refractivity contribution in [1.29, 1.82) is 5.26 Å². The van der Waals surface area contributed by atoms with Crippen molar-refractivity contribution in [1.82, 2.24) is 4.37 Å². The number of aromatic nitrogens is 1. The van der Waals surface area contributed by atoms with E-state index in [1.807, 2.05) is 0 Å². The summed E-state index contributed by atoms with van der Waals surface area (Å²) in [5.74, 6) is -0.239. The van der Waals surface area contributed by atoms with Crippen LogP contribution in [0, 0.1) is 31.0 Å². The summed E-state index contributed by atoms with van der Waals surface area (Å²) < 4.78 is 17.2. The van der Waals surface area contributed by atoms with Crippen LogP contribution in [-0.4, -0.2) is 4.37 Å². The molecule has 0 fully saturated rings. The predicted octanol–water partition coefficient (Wildman–Crippen LogP) is 3.51. The van der Waals surface area contributed by atoms with E-state index in [0.29, 0.717) is 21.8 Å². The molecule has 2 rings (SSSR count). The second-order valence-electron chi connectivity index (χ2n) is 3.67. The Kier molecular flexibility index (Phi) is 3.07. The lowest BCUT2D eigenvalue weighted by Crippen LogP contribution is -1.92. The number of rotatable bonds is 2. The van der Waals surface area contributed by atoms with E-state index in [2.05, 4.69) is 15.8 Å². The summed E-state index contributed by atoms with van der Waals surface area (Å²) in [6, 6.07) is 6.84. The third kappa shape index (κ3) is 2.27. The summed E-state index contributed by atoms with van der Waals surface area (Å²) in [6.07, 6.45) is 0. The van der Waals surface area contributed by atoms with Gasteiger partial charge in [0, 0.05) is 5.69 Å². The summed E-state index contributed by atoms with van der Waals surface area (Å²) >= 11 is 1.23. The van der Waals surface area contributed by atoms with Gasteiger partial charge in [-0.2, -0.15) is 9.64 Å². The molecule has 1 aromatic carbocycles. The van der Waals surface area contributed by atoms with Gasteiger partial charge in [-0.1, -0.05) is 0 Å². The maximum absolute atomic E-state index is 13.1. The van der Waals surface area contributed by atoms with Crippen LogP contribution >= 0.6 is 11.5 Å². The van der Waals surface area contributed by atoms with Crippen molar-refractivity contribution >= 4 is 22.2 Å². The minimum absolute atomic E-state index is 0.239. The van der Waals surface area contributed by atoms with Crippen molar-refractivity contribution in [3.05, 3.63) is 40.8 Å². The summed E-state index contributed by atoms with van der Waals surface area (Å²) in [7, 11) is 0. The second kappa shape index (κ2) is 4.52. The maximum Gasteiger partial charge on any atom is 0.132 e. The monoisotopic (exact) mass is 247 g/mol. The molecule has 0 aliphatic carbocycles. The minimum Gasteiger partial charge on any atom is -0.345 e. The number of benzene rings is 1. The molecule has 0 saturated heterocycles. The Balaban J connectivity index is 2.32. The molecule has 0 amide bonds. The van der Waals surface area contributed by atoms with E-state index >= 15 is 0 Å². The van der Waals surface area contributed by atoms with Gasteiger partial charge in [0.15, 0.2) is 0 Å². The van der Waals surface area contributed by atoms with Crippen LogP contribution in [0.5, 0.6) is 0 Å². The van der Waals surface area contributed by atoms with Crippen LogP contribution in [0.4, 0.5) is 15.1 Å². The van der Waals surface area contributed by atoms with Crippen molar-refractivity contribution in [3.8, 4) is 6.07 Å². The number of hydrogen-bond acceptors (Lipinski definition) is 4. The van der Waals surface area contributed by atoms with Gasteiger partial charge in [0.1, 0.15) is 22.5 Å². The first-order chi connectivity index (χ1) is 8.11. The Bertz CT molecular complexity index is 598. The molecule has 17 heavy (non-hydrogen) atoms. The third-order valence-corrected chi connectivity index (χ3v) is 3.24. The van der Waals surface area contributed by atoms with Crippen molar-refractivity contribution in [2.45, 2.75) is 13.8 Å². The fraction of sp³-hybridized carbons (Fsp3) is 0.167. The van der Waals surface area contributed by atoms with E-state index in [1.54, 1.807) is 26.0 Å². The Morgan fingerprint density at radius 1 is 1.41 bits per heavy atom. The molecule has 0 bridgehead atoms. The standard InChI is InChI=1S/C12H10FN3S/c1-7-5-9(3-4-11(7)13)15-12-10(6-14)8(2)16-17-12/h3-5,15H,1-2H3. The minimum atomic E-state index is -0.239. The van der Waals surface area contributed by atoms with Crippen LogP contribution in [0.1, 0.15) is 16.8 Å². The lowest BCUT2D eigenvalue weighted by Gasteiger charge is -2.05. The maximum atomic E-state index is 13.1. The lowest BCUT2D eigenvalue weighted by atomic mass is 10.2. The van der Waals surface area contributed by atoms with E-state index in [1.165, 1.54) is 17.6 Å². The molecular weight excluding hydrogens is 237 g/mol. The number of anilines is 2. The van der Waals surface area contributed by atoms with E-state index in [-0.39, 0.29) is 5.82 Å². The smallest absolute Gasteiger partial charge is 0.132 e. The first kappa shape index (κ1) is 11.6. The highest BCUT2D eigenvalue weighted by Gasteiger charge is 2.10. The zero-order valence-corrected chi connectivity index (χ0v) is 10.2. The normalized spacial score (nSPS) is 10.0. The van der Waals surface area contributed by atoms with E-state index in [4.69, 9.17) is 5.26 Å². The quantitative estimate of drug-likeness (QED) is 0.883. The van der Waals surface area contributed by atoms with Gasteiger partial charge < -0.3 is 5.32 Å². The molecule has 0 unspecified atom stereocenters. The summed E-state index contributed by atoms with van der Waals surface area (Å²) in [4.78, 5) is 0. The topological polar surface area (TPSA) is 48.7 Å². The summed E-state index contributed by atoms with van der Waals surface area (Å²) in [5.41, 5.74) is 2.56. The van der Waals surface area contributed by atoms with Crippen LogP contribution in [0.2, 0.25) is 0 Å². The first-order valence-electron chi connectivity index (χ1n) is 5.01. The highest BCUT2D eigenvalue weighted by Crippen LogP contribution is 2.27. The molecule has 1 N–H and O–H groups in total. The van der Waals surface area contributed by atoms with Gasteiger partial charge in [0.2, 0.25) is 0 Å². The highest BCUT2D eigenvalue weighted by atomic mass is 32.1. The predicted molar refractivity (Wildman–Crippen MR) is 66.0 cm³/mol. The molecule has 0 radical (unpaired) electrons. The Labute approximate surface area is 103 Å². The van der Waals surface area contributed by atoms with Gasteiger partial charge in [0.25, 0.3) is 0 Å². The number of aryl methyl sites for hydroxylation is 2. The Morgan fingerprint density at radius 3 is 2.82 bits per heavy atom. The molecule has 86 valence electrons. The number of nitrogens with zero attached hydrogens (tertiary/aromatic N) is 2. The first-order valence-corrected chi connectivity index (χ1v) is 5.78. The van der Waals surface area contributed by atoms with Crippen LogP contribution in [0.3, 0.4) is 0 Å². The summed E-state index contributed by atoms with van der Waals surface area (Å²) in [6.45, 7) is 3.49. The van der Waals surface area contributed by atoms with Crippen LogP contribution < -0.4 is 5.32 Å². The Hall–Kier alpha value is -1.93. The van der Waals surface area contributed by atoms with Crippen LogP contribution in [0.25, 0.3) is 0 Å². The molecule has 3 nitrogen and oxygen atoms in total. The zero-order chi connectivity index (χ0) is 12.4. The van der Waals surface area contributed by atoms with Gasteiger partial charge >= 0.3 is 0 Å². The van der Waals surface area contributed by atoms with Gasteiger partial charge in [0.05, 0.1) is 5.69 Å².